The molecule has 1 amide bonds. The highest BCUT2D eigenvalue weighted by atomic mass is 16.3. The van der Waals surface area contributed by atoms with Gasteiger partial charge in [0.1, 0.15) is 18.3 Å². The topological polar surface area (TPSA) is 84.6 Å². The van der Waals surface area contributed by atoms with Crippen molar-refractivity contribution in [2.75, 3.05) is 11.9 Å². The molecule has 0 aliphatic heterocycles. The van der Waals surface area contributed by atoms with Crippen molar-refractivity contribution in [2.45, 2.75) is 12.5 Å². The van der Waals surface area contributed by atoms with E-state index in [4.69, 9.17) is 5.26 Å². The van der Waals surface area contributed by atoms with Gasteiger partial charge in [0, 0.05) is 18.8 Å². The number of anilines is 1. The lowest BCUT2D eigenvalue weighted by molar-refractivity contribution is -0.117. The summed E-state index contributed by atoms with van der Waals surface area (Å²) in [5.74, 6) is -0.438. The largest absolute Gasteiger partial charge is 0.508 e. The minimum Gasteiger partial charge on any atom is -0.508 e. The Morgan fingerprint density at radius 2 is 1.91 bits per heavy atom. The molecule has 2 aromatic carbocycles. The quantitative estimate of drug-likeness (QED) is 0.907. The van der Waals surface area contributed by atoms with Crippen molar-refractivity contribution in [1.82, 2.24) is 0 Å². The summed E-state index contributed by atoms with van der Waals surface area (Å²) in [6, 6.07) is 15.3. The summed E-state index contributed by atoms with van der Waals surface area (Å²) in [4.78, 5) is 13.0. The normalized spacial score (nSPS) is 11.5. The zero-order valence-corrected chi connectivity index (χ0v) is 12.1. The van der Waals surface area contributed by atoms with Crippen LogP contribution in [0.15, 0.2) is 48.5 Å². The van der Waals surface area contributed by atoms with Crippen LogP contribution in [0.5, 0.6) is 5.75 Å². The van der Waals surface area contributed by atoms with Crippen LogP contribution in [0, 0.1) is 11.3 Å². The predicted molar refractivity (Wildman–Crippen MR) is 82.3 cm³/mol. The summed E-state index contributed by atoms with van der Waals surface area (Å²) in [6.45, 7) is 0. The van der Waals surface area contributed by atoms with Gasteiger partial charge in [-0.25, -0.2) is 0 Å². The average molecular weight is 296 g/mol. The maximum atomic E-state index is 11.8. The fourth-order valence-corrected chi connectivity index (χ4v) is 2.13. The van der Waals surface area contributed by atoms with Crippen LogP contribution in [-0.4, -0.2) is 23.2 Å². The Kier molecular flexibility index (Phi) is 4.77. The SMILES string of the molecule is CN(C(=O)CC#N)c1cc(O)cc(C(O)c2ccccc2)c1. The molecule has 0 fully saturated rings. The Balaban J connectivity index is 2.35. The lowest BCUT2D eigenvalue weighted by Crippen LogP contribution is -2.25. The number of aliphatic hydroxyl groups is 1. The van der Waals surface area contributed by atoms with Crippen molar-refractivity contribution in [3.8, 4) is 11.8 Å². The van der Waals surface area contributed by atoms with E-state index >= 15 is 0 Å². The van der Waals surface area contributed by atoms with E-state index in [1.807, 2.05) is 18.2 Å². The first-order valence-corrected chi connectivity index (χ1v) is 6.73. The number of benzene rings is 2. The maximum Gasteiger partial charge on any atom is 0.240 e. The molecule has 0 saturated carbocycles. The van der Waals surface area contributed by atoms with E-state index in [0.717, 1.165) is 0 Å². The van der Waals surface area contributed by atoms with Gasteiger partial charge in [0.05, 0.1) is 6.07 Å². The van der Waals surface area contributed by atoms with Gasteiger partial charge in [-0.3, -0.25) is 4.79 Å². The Bertz CT molecular complexity index is 708. The summed E-state index contributed by atoms with van der Waals surface area (Å²) in [5.41, 5.74) is 1.58. The summed E-state index contributed by atoms with van der Waals surface area (Å²) in [6.07, 6.45) is -1.16. The van der Waals surface area contributed by atoms with Gasteiger partial charge in [-0.2, -0.15) is 5.26 Å². The van der Waals surface area contributed by atoms with Crippen LogP contribution in [0.2, 0.25) is 0 Å². The number of rotatable bonds is 4. The molecule has 0 heterocycles. The van der Waals surface area contributed by atoms with Gasteiger partial charge < -0.3 is 15.1 Å². The first-order chi connectivity index (χ1) is 10.5. The molecule has 2 rings (SSSR count). The second-order valence-electron chi connectivity index (χ2n) is 4.88. The van der Waals surface area contributed by atoms with Gasteiger partial charge in [-0.05, 0) is 23.3 Å². The molecule has 0 bridgehead atoms. The van der Waals surface area contributed by atoms with Crippen LogP contribution >= 0.6 is 0 Å². The van der Waals surface area contributed by atoms with Crippen LogP contribution in [0.1, 0.15) is 23.7 Å². The van der Waals surface area contributed by atoms with Gasteiger partial charge in [0.15, 0.2) is 0 Å². The number of hydrogen-bond donors (Lipinski definition) is 2. The molecule has 0 spiro atoms. The number of aliphatic hydroxyl groups excluding tert-OH is 1. The van der Waals surface area contributed by atoms with E-state index in [-0.39, 0.29) is 18.1 Å². The van der Waals surface area contributed by atoms with E-state index < -0.39 is 6.10 Å². The minimum absolute atomic E-state index is 0.0564. The number of carbonyl (C=O) groups is 1. The van der Waals surface area contributed by atoms with Crippen LogP contribution in [0.3, 0.4) is 0 Å². The number of nitrogens with zero attached hydrogens (tertiary/aromatic N) is 2. The maximum absolute atomic E-state index is 11.8. The van der Waals surface area contributed by atoms with Gasteiger partial charge in [-0.1, -0.05) is 30.3 Å². The van der Waals surface area contributed by atoms with Crippen LogP contribution in [0.4, 0.5) is 5.69 Å². The standard InChI is InChI=1S/C17H16N2O3/c1-19(16(21)7-8-18)14-9-13(10-15(20)11-14)17(22)12-5-3-2-4-6-12/h2-6,9-11,17,20,22H,7H2,1H3. The van der Waals surface area contributed by atoms with Gasteiger partial charge in [-0.15, -0.1) is 0 Å². The minimum atomic E-state index is -0.911. The molecular formula is C17H16N2O3. The molecule has 5 heteroatoms. The first kappa shape index (κ1) is 15.5. The van der Waals surface area contributed by atoms with Crippen molar-refractivity contribution in [3.63, 3.8) is 0 Å². The lowest BCUT2D eigenvalue weighted by Gasteiger charge is -2.19. The predicted octanol–water partition coefficient (Wildman–Crippen LogP) is 2.35. The second kappa shape index (κ2) is 6.74. The van der Waals surface area contributed by atoms with Gasteiger partial charge >= 0.3 is 0 Å². The molecule has 0 aromatic heterocycles. The molecule has 1 atom stereocenters. The Labute approximate surface area is 128 Å². The molecule has 0 saturated heterocycles. The highest BCUT2D eigenvalue weighted by molar-refractivity contribution is 5.94. The zero-order chi connectivity index (χ0) is 16.1. The highest BCUT2D eigenvalue weighted by Gasteiger charge is 2.16. The molecule has 22 heavy (non-hydrogen) atoms. The third-order valence-electron chi connectivity index (χ3n) is 3.35. The van der Waals surface area contributed by atoms with Crippen molar-refractivity contribution in [1.29, 1.82) is 5.26 Å². The number of carbonyl (C=O) groups excluding carboxylic acids is 1. The lowest BCUT2D eigenvalue weighted by atomic mass is 10.0. The molecule has 2 aromatic rings. The van der Waals surface area contributed by atoms with Crippen LogP contribution < -0.4 is 4.90 Å². The molecule has 1 unspecified atom stereocenters. The summed E-state index contributed by atoms with van der Waals surface area (Å²) < 4.78 is 0. The third-order valence-corrected chi connectivity index (χ3v) is 3.35. The Morgan fingerprint density at radius 3 is 2.55 bits per heavy atom. The molecule has 0 aliphatic carbocycles. The van der Waals surface area contributed by atoms with Crippen LogP contribution in [-0.2, 0) is 4.79 Å². The fourth-order valence-electron chi connectivity index (χ4n) is 2.13. The summed E-state index contributed by atoms with van der Waals surface area (Å²) in [5, 5.41) is 28.8. The molecule has 2 N–H and O–H groups in total. The molecule has 112 valence electrons. The van der Waals surface area contributed by atoms with Gasteiger partial charge in [0.2, 0.25) is 5.91 Å². The van der Waals surface area contributed by atoms with Gasteiger partial charge in [0.25, 0.3) is 0 Å². The second-order valence-corrected chi connectivity index (χ2v) is 4.88. The van der Waals surface area contributed by atoms with Crippen molar-refractivity contribution in [2.24, 2.45) is 0 Å². The third kappa shape index (κ3) is 3.43. The average Bonchev–Trinajstić information content (AvgIpc) is 2.54. The summed E-state index contributed by atoms with van der Waals surface area (Å²) >= 11 is 0. The van der Waals surface area contributed by atoms with Crippen LogP contribution in [0.25, 0.3) is 0 Å². The molecule has 5 nitrogen and oxygen atoms in total. The summed E-state index contributed by atoms with van der Waals surface area (Å²) in [7, 11) is 1.52. The Morgan fingerprint density at radius 1 is 1.23 bits per heavy atom. The zero-order valence-electron chi connectivity index (χ0n) is 12.1. The van der Waals surface area contributed by atoms with E-state index in [1.165, 1.54) is 24.1 Å². The van der Waals surface area contributed by atoms with Crippen molar-refractivity contribution < 1.29 is 15.0 Å². The number of nitriles is 1. The van der Waals surface area contributed by atoms with Crippen molar-refractivity contribution in [3.05, 3.63) is 59.7 Å². The molecule has 0 aliphatic rings. The number of phenols is 1. The molecular weight excluding hydrogens is 280 g/mol. The number of phenolic OH excluding ortho intramolecular Hbond substituents is 1. The smallest absolute Gasteiger partial charge is 0.240 e. The monoisotopic (exact) mass is 296 g/mol. The van der Waals surface area contributed by atoms with Crippen molar-refractivity contribution >= 4 is 11.6 Å². The highest BCUT2D eigenvalue weighted by Crippen LogP contribution is 2.29. The first-order valence-electron chi connectivity index (χ1n) is 6.73. The fraction of sp³-hybridized carbons (Fsp3) is 0.176. The Hall–Kier alpha value is -2.84. The number of aromatic hydroxyl groups is 1. The van der Waals surface area contributed by atoms with E-state index in [0.29, 0.717) is 16.8 Å². The van der Waals surface area contributed by atoms with E-state index in [1.54, 1.807) is 24.3 Å². The number of amides is 1. The van der Waals surface area contributed by atoms with E-state index in [2.05, 4.69) is 0 Å². The molecule has 0 radical (unpaired) electrons. The van der Waals surface area contributed by atoms with E-state index in [9.17, 15) is 15.0 Å². The number of hydrogen-bond acceptors (Lipinski definition) is 4.